The lowest BCUT2D eigenvalue weighted by molar-refractivity contribution is 0.281. The van der Waals surface area contributed by atoms with Gasteiger partial charge in [-0.3, -0.25) is 0 Å². The summed E-state index contributed by atoms with van der Waals surface area (Å²) in [6.07, 6.45) is 0. The average molecular weight is 280 g/mol. The fourth-order valence-corrected chi connectivity index (χ4v) is 2.23. The van der Waals surface area contributed by atoms with Crippen molar-refractivity contribution in [2.24, 2.45) is 0 Å². The summed E-state index contributed by atoms with van der Waals surface area (Å²) in [5.74, 6) is 0. The van der Waals surface area contributed by atoms with Crippen LogP contribution in [0.15, 0.2) is 22.7 Å². The second kappa shape index (κ2) is 4.24. The maximum Gasteiger partial charge on any atom is 0.0692 e. The molecule has 1 nitrogen and oxygen atoms in total. The molecular weight excluding hydrogens is 272 g/mol. The number of halogens is 2. The van der Waals surface area contributed by atoms with Gasteiger partial charge in [0, 0.05) is 9.80 Å². The molecule has 0 radical (unpaired) electrons. The van der Waals surface area contributed by atoms with Crippen LogP contribution in [0.5, 0.6) is 0 Å². The van der Waals surface area contributed by atoms with Gasteiger partial charge in [0.05, 0.1) is 6.61 Å². The molecule has 1 rings (SSSR count). The van der Waals surface area contributed by atoms with Gasteiger partial charge in [-0.2, -0.15) is 0 Å². The Hall–Kier alpha value is 0.140. The molecule has 1 N–H and O–H groups in total. The number of aliphatic hydroxyl groups excluding tert-OH is 1. The first-order valence-electron chi connectivity index (χ1n) is 3.22. The zero-order chi connectivity index (χ0) is 8.27. The van der Waals surface area contributed by atoms with Gasteiger partial charge in [-0.25, -0.2) is 0 Å². The van der Waals surface area contributed by atoms with Gasteiger partial charge >= 0.3 is 0 Å². The van der Waals surface area contributed by atoms with E-state index in [1.165, 1.54) is 0 Å². The van der Waals surface area contributed by atoms with Gasteiger partial charge in [0.25, 0.3) is 0 Å². The van der Waals surface area contributed by atoms with Gasteiger partial charge in [0.2, 0.25) is 0 Å². The van der Waals surface area contributed by atoms with Gasteiger partial charge in [-0.1, -0.05) is 50.1 Å². The molecule has 0 saturated carbocycles. The van der Waals surface area contributed by atoms with Crippen molar-refractivity contribution in [1.82, 2.24) is 0 Å². The van der Waals surface area contributed by atoms with E-state index in [1.807, 2.05) is 18.2 Å². The van der Waals surface area contributed by atoms with E-state index in [9.17, 15) is 0 Å². The topological polar surface area (TPSA) is 20.2 Å². The monoisotopic (exact) mass is 278 g/mol. The molecule has 0 bridgehead atoms. The number of hydrogen-bond donors (Lipinski definition) is 1. The summed E-state index contributed by atoms with van der Waals surface area (Å²) in [5.41, 5.74) is 2.10. The molecule has 1 aromatic carbocycles. The molecule has 0 heterocycles. The van der Waals surface area contributed by atoms with Crippen LogP contribution in [0, 0.1) is 0 Å². The fraction of sp³-hybridized carbons (Fsp3) is 0.250. The van der Waals surface area contributed by atoms with Gasteiger partial charge in [0.15, 0.2) is 0 Å². The van der Waals surface area contributed by atoms with E-state index in [2.05, 4.69) is 31.9 Å². The fourth-order valence-electron chi connectivity index (χ4n) is 0.858. The first-order chi connectivity index (χ1) is 5.29. The summed E-state index contributed by atoms with van der Waals surface area (Å²) in [6, 6.07) is 5.85. The minimum absolute atomic E-state index is 0.0847. The molecule has 0 unspecified atom stereocenters. The highest BCUT2D eigenvalue weighted by Crippen LogP contribution is 2.23. The molecule has 0 aromatic heterocycles. The van der Waals surface area contributed by atoms with Crippen molar-refractivity contribution in [2.45, 2.75) is 11.9 Å². The number of alkyl halides is 1. The van der Waals surface area contributed by atoms with Gasteiger partial charge in [0.1, 0.15) is 0 Å². The summed E-state index contributed by atoms with van der Waals surface area (Å²) in [5, 5.41) is 9.70. The van der Waals surface area contributed by atoms with Crippen LogP contribution in [0.4, 0.5) is 0 Å². The highest BCUT2D eigenvalue weighted by Gasteiger charge is 2.01. The summed E-state index contributed by atoms with van der Waals surface area (Å²) >= 11 is 6.77. The van der Waals surface area contributed by atoms with E-state index in [0.717, 1.165) is 20.9 Å². The number of rotatable bonds is 2. The predicted molar refractivity (Wildman–Crippen MR) is 52.7 cm³/mol. The van der Waals surface area contributed by atoms with Crippen LogP contribution >= 0.6 is 31.9 Å². The Bertz CT molecular complexity index is 226. The van der Waals surface area contributed by atoms with Gasteiger partial charge in [-0.15, -0.1) is 0 Å². The van der Waals surface area contributed by atoms with Crippen molar-refractivity contribution in [1.29, 1.82) is 0 Å². The lowest BCUT2D eigenvalue weighted by Crippen LogP contribution is -1.88. The highest BCUT2D eigenvalue weighted by molar-refractivity contribution is 9.10. The largest absolute Gasteiger partial charge is 0.392 e. The van der Waals surface area contributed by atoms with Crippen molar-refractivity contribution >= 4 is 31.9 Å². The average Bonchev–Trinajstić information content (AvgIpc) is 2.05. The van der Waals surface area contributed by atoms with Crippen LogP contribution in [0.2, 0.25) is 0 Å². The molecule has 0 atom stereocenters. The maximum absolute atomic E-state index is 8.89. The van der Waals surface area contributed by atoms with Crippen LogP contribution in [0.25, 0.3) is 0 Å². The summed E-state index contributed by atoms with van der Waals surface area (Å²) in [7, 11) is 0. The van der Waals surface area contributed by atoms with Crippen molar-refractivity contribution in [3.63, 3.8) is 0 Å². The molecule has 0 aliphatic carbocycles. The lowest BCUT2D eigenvalue weighted by Gasteiger charge is -2.04. The van der Waals surface area contributed by atoms with E-state index in [-0.39, 0.29) is 6.61 Å². The molecule has 60 valence electrons. The summed E-state index contributed by atoms with van der Waals surface area (Å²) in [4.78, 5) is 0. The van der Waals surface area contributed by atoms with E-state index in [0.29, 0.717) is 0 Å². The smallest absolute Gasteiger partial charge is 0.0692 e. The standard InChI is InChI=1S/C8H8Br2O/c9-4-6-2-1-3-7(5-11)8(6)10/h1-3,11H,4-5H2. The van der Waals surface area contributed by atoms with Crippen molar-refractivity contribution < 1.29 is 5.11 Å². The number of benzene rings is 1. The van der Waals surface area contributed by atoms with E-state index < -0.39 is 0 Å². The second-order valence-corrected chi connectivity index (χ2v) is 3.54. The molecule has 0 aliphatic rings. The molecule has 0 saturated heterocycles. The molecule has 3 heteroatoms. The predicted octanol–water partition coefficient (Wildman–Crippen LogP) is 2.84. The van der Waals surface area contributed by atoms with Gasteiger partial charge in [-0.05, 0) is 11.1 Å². The maximum atomic E-state index is 8.89. The van der Waals surface area contributed by atoms with Crippen molar-refractivity contribution in [3.05, 3.63) is 33.8 Å². The van der Waals surface area contributed by atoms with Crippen molar-refractivity contribution in [2.75, 3.05) is 0 Å². The van der Waals surface area contributed by atoms with Crippen LogP contribution in [0.1, 0.15) is 11.1 Å². The zero-order valence-electron chi connectivity index (χ0n) is 5.85. The van der Waals surface area contributed by atoms with E-state index >= 15 is 0 Å². The Balaban J connectivity index is 3.10. The molecule has 11 heavy (non-hydrogen) atoms. The third-order valence-corrected chi connectivity index (χ3v) is 3.10. The summed E-state index contributed by atoms with van der Waals surface area (Å²) < 4.78 is 0.999. The quantitative estimate of drug-likeness (QED) is 0.826. The van der Waals surface area contributed by atoms with E-state index in [4.69, 9.17) is 5.11 Å². The Labute approximate surface area is 82.7 Å². The Kier molecular flexibility index (Phi) is 3.55. The normalized spacial score (nSPS) is 10.1. The van der Waals surface area contributed by atoms with Gasteiger partial charge < -0.3 is 5.11 Å². The molecule has 1 aromatic rings. The minimum atomic E-state index is 0.0847. The first kappa shape index (κ1) is 9.23. The highest BCUT2D eigenvalue weighted by atomic mass is 79.9. The molecule has 0 aliphatic heterocycles. The van der Waals surface area contributed by atoms with Crippen LogP contribution < -0.4 is 0 Å². The SMILES string of the molecule is OCc1cccc(CBr)c1Br. The van der Waals surface area contributed by atoms with Crippen molar-refractivity contribution in [3.8, 4) is 0 Å². The third-order valence-electron chi connectivity index (χ3n) is 1.47. The number of hydrogen-bond acceptors (Lipinski definition) is 1. The Morgan fingerprint density at radius 3 is 2.45 bits per heavy atom. The van der Waals surface area contributed by atoms with Crippen LogP contribution in [0.3, 0.4) is 0 Å². The Morgan fingerprint density at radius 1 is 1.27 bits per heavy atom. The zero-order valence-corrected chi connectivity index (χ0v) is 9.02. The first-order valence-corrected chi connectivity index (χ1v) is 5.14. The second-order valence-electron chi connectivity index (χ2n) is 2.18. The Morgan fingerprint density at radius 2 is 1.91 bits per heavy atom. The third kappa shape index (κ3) is 2.04. The molecule has 0 amide bonds. The lowest BCUT2D eigenvalue weighted by atomic mass is 10.1. The van der Waals surface area contributed by atoms with Crippen LogP contribution in [-0.2, 0) is 11.9 Å². The molecule has 0 fully saturated rings. The van der Waals surface area contributed by atoms with E-state index in [1.54, 1.807) is 0 Å². The summed E-state index contributed by atoms with van der Waals surface area (Å²) in [6.45, 7) is 0.0847. The molecular formula is C8H8Br2O. The molecule has 0 spiro atoms. The minimum Gasteiger partial charge on any atom is -0.392 e. The number of aliphatic hydroxyl groups is 1. The van der Waals surface area contributed by atoms with Crippen LogP contribution in [-0.4, -0.2) is 5.11 Å².